The van der Waals surface area contributed by atoms with Crippen molar-refractivity contribution < 1.29 is 4.79 Å². The van der Waals surface area contributed by atoms with E-state index in [1.165, 1.54) is 10.9 Å². The number of nitrogens with one attached hydrogen (secondary N) is 2. The zero-order valence-corrected chi connectivity index (χ0v) is 14.4. The molecule has 0 radical (unpaired) electrons. The summed E-state index contributed by atoms with van der Waals surface area (Å²) in [4.78, 5) is 20.0. The Morgan fingerprint density at radius 1 is 1.23 bits per heavy atom. The standard InChI is InChI=1S/C20H19N5O/c1-25-13-17(19(24-25)15-5-4-9-21-11-15)20(26)22-10-8-14-12-23-18-7-3-2-6-16(14)18/h2-7,9,11-13,23H,8,10H2,1H3,(H,22,26). The lowest BCUT2D eigenvalue weighted by atomic mass is 10.1. The zero-order chi connectivity index (χ0) is 17.9. The molecule has 4 rings (SSSR count). The molecular formula is C20H19N5O. The Balaban J connectivity index is 1.47. The average Bonchev–Trinajstić information content (AvgIpc) is 3.26. The van der Waals surface area contributed by atoms with Gasteiger partial charge in [0.05, 0.1) is 5.56 Å². The molecule has 130 valence electrons. The van der Waals surface area contributed by atoms with E-state index in [4.69, 9.17) is 0 Å². The first-order valence-electron chi connectivity index (χ1n) is 8.49. The van der Waals surface area contributed by atoms with Crippen LogP contribution in [0, 0.1) is 0 Å². The van der Waals surface area contributed by atoms with Gasteiger partial charge in [0.2, 0.25) is 0 Å². The second kappa shape index (κ2) is 6.84. The molecule has 1 aromatic carbocycles. The first-order valence-corrected chi connectivity index (χ1v) is 8.49. The summed E-state index contributed by atoms with van der Waals surface area (Å²) < 4.78 is 1.65. The minimum Gasteiger partial charge on any atom is -0.361 e. The zero-order valence-electron chi connectivity index (χ0n) is 14.4. The summed E-state index contributed by atoms with van der Waals surface area (Å²) in [5.41, 5.74) is 4.33. The second-order valence-corrected chi connectivity index (χ2v) is 6.17. The largest absolute Gasteiger partial charge is 0.361 e. The first kappa shape index (κ1) is 16.1. The minimum atomic E-state index is -0.128. The number of aromatic nitrogens is 4. The van der Waals surface area contributed by atoms with Crippen molar-refractivity contribution in [3.05, 3.63) is 72.3 Å². The number of carbonyl (C=O) groups is 1. The van der Waals surface area contributed by atoms with Gasteiger partial charge in [-0.25, -0.2) is 0 Å². The predicted octanol–water partition coefficient (Wildman–Crippen LogP) is 2.94. The van der Waals surface area contributed by atoms with Gasteiger partial charge in [-0.2, -0.15) is 5.10 Å². The molecule has 3 heterocycles. The molecule has 26 heavy (non-hydrogen) atoms. The molecule has 3 aromatic heterocycles. The van der Waals surface area contributed by atoms with E-state index in [2.05, 4.69) is 26.4 Å². The number of fused-ring (bicyclic) bond motifs is 1. The summed E-state index contributed by atoms with van der Waals surface area (Å²) in [5.74, 6) is -0.128. The summed E-state index contributed by atoms with van der Waals surface area (Å²) in [6, 6.07) is 11.9. The third-order valence-electron chi connectivity index (χ3n) is 4.36. The van der Waals surface area contributed by atoms with Crippen LogP contribution in [-0.4, -0.2) is 32.2 Å². The third kappa shape index (κ3) is 3.09. The van der Waals surface area contributed by atoms with Crippen molar-refractivity contribution in [1.82, 2.24) is 25.1 Å². The monoisotopic (exact) mass is 345 g/mol. The highest BCUT2D eigenvalue weighted by Gasteiger charge is 2.17. The molecule has 1 amide bonds. The topological polar surface area (TPSA) is 75.6 Å². The number of benzene rings is 1. The highest BCUT2D eigenvalue weighted by molar-refractivity contribution is 5.99. The predicted molar refractivity (Wildman–Crippen MR) is 101 cm³/mol. The fourth-order valence-electron chi connectivity index (χ4n) is 3.12. The fraction of sp³-hybridized carbons (Fsp3) is 0.150. The van der Waals surface area contributed by atoms with Crippen LogP contribution in [0.1, 0.15) is 15.9 Å². The first-order chi connectivity index (χ1) is 12.7. The Morgan fingerprint density at radius 3 is 2.96 bits per heavy atom. The Hall–Kier alpha value is -3.41. The highest BCUT2D eigenvalue weighted by Crippen LogP contribution is 2.21. The van der Waals surface area contributed by atoms with Crippen LogP contribution in [0.2, 0.25) is 0 Å². The maximum absolute atomic E-state index is 12.7. The second-order valence-electron chi connectivity index (χ2n) is 6.17. The van der Waals surface area contributed by atoms with Crippen LogP contribution in [0.4, 0.5) is 0 Å². The van der Waals surface area contributed by atoms with E-state index >= 15 is 0 Å². The molecule has 0 fully saturated rings. The number of rotatable bonds is 5. The Morgan fingerprint density at radius 2 is 2.12 bits per heavy atom. The maximum Gasteiger partial charge on any atom is 0.255 e. The van der Waals surface area contributed by atoms with Crippen molar-refractivity contribution in [2.75, 3.05) is 6.54 Å². The van der Waals surface area contributed by atoms with Crippen LogP contribution >= 0.6 is 0 Å². The van der Waals surface area contributed by atoms with E-state index in [1.807, 2.05) is 43.6 Å². The number of aryl methyl sites for hydroxylation is 1. The number of hydrogen-bond donors (Lipinski definition) is 2. The van der Waals surface area contributed by atoms with Gasteiger partial charge < -0.3 is 10.3 Å². The lowest BCUT2D eigenvalue weighted by Crippen LogP contribution is -2.25. The van der Waals surface area contributed by atoms with E-state index in [-0.39, 0.29) is 5.91 Å². The number of nitrogens with zero attached hydrogens (tertiary/aromatic N) is 3. The van der Waals surface area contributed by atoms with Crippen LogP contribution < -0.4 is 5.32 Å². The number of aromatic amines is 1. The molecule has 0 bridgehead atoms. The van der Waals surface area contributed by atoms with Crippen molar-refractivity contribution >= 4 is 16.8 Å². The minimum absolute atomic E-state index is 0.128. The highest BCUT2D eigenvalue weighted by atomic mass is 16.1. The van der Waals surface area contributed by atoms with E-state index in [0.717, 1.165) is 17.5 Å². The molecule has 4 aromatic rings. The Bertz CT molecular complexity index is 1050. The van der Waals surface area contributed by atoms with Crippen LogP contribution in [0.25, 0.3) is 22.2 Å². The van der Waals surface area contributed by atoms with Gasteiger partial charge in [-0.1, -0.05) is 18.2 Å². The summed E-state index contributed by atoms with van der Waals surface area (Å²) in [6.45, 7) is 0.558. The number of amides is 1. The van der Waals surface area contributed by atoms with Crippen molar-refractivity contribution in [3.63, 3.8) is 0 Å². The van der Waals surface area contributed by atoms with Crippen LogP contribution in [-0.2, 0) is 13.5 Å². The number of H-pyrrole nitrogens is 1. The van der Waals surface area contributed by atoms with Crippen LogP contribution in [0.15, 0.2) is 61.2 Å². The van der Waals surface area contributed by atoms with Crippen molar-refractivity contribution in [2.24, 2.45) is 7.05 Å². The lowest BCUT2D eigenvalue weighted by Gasteiger charge is -2.05. The molecule has 6 heteroatoms. The summed E-state index contributed by atoms with van der Waals surface area (Å²) >= 11 is 0. The fourth-order valence-corrected chi connectivity index (χ4v) is 3.12. The van der Waals surface area contributed by atoms with Gasteiger partial charge in [-0.3, -0.25) is 14.5 Å². The van der Waals surface area contributed by atoms with Gasteiger partial charge in [0, 0.05) is 54.8 Å². The lowest BCUT2D eigenvalue weighted by molar-refractivity contribution is 0.0954. The number of hydrogen-bond acceptors (Lipinski definition) is 3. The summed E-state index contributed by atoms with van der Waals surface area (Å²) in [5, 5.41) is 8.60. The third-order valence-corrected chi connectivity index (χ3v) is 4.36. The van der Waals surface area contributed by atoms with Gasteiger partial charge in [-0.05, 0) is 30.2 Å². The van der Waals surface area contributed by atoms with Crippen molar-refractivity contribution in [2.45, 2.75) is 6.42 Å². The molecule has 2 N–H and O–H groups in total. The molecule has 6 nitrogen and oxygen atoms in total. The van der Waals surface area contributed by atoms with Crippen molar-refractivity contribution in [3.8, 4) is 11.3 Å². The quantitative estimate of drug-likeness (QED) is 0.584. The van der Waals surface area contributed by atoms with E-state index in [9.17, 15) is 4.79 Å². The number of para-hydroxylation sites is 1. The molecular weight excluding hydrogens is 326 g/mol. The Labute approximate surface area is 150 Å². The van der Waals surface area contributed by atoms with Gasteiger partial charge in [0.1, 0.15) is 5.69 Å². The van der Waals surface area contributed by atoms with Crippen molar-refractivity contribution in [1.29, 1.82) is 0 Å². The summed E-state index contributed by atoms with van der Waals surface area (Å²) in [6.07, 6.45) is 7.92. The Kier molecular flexibility index (Phi) is 4.23. The van der Waals surface area contributed by atoms with Gasteiger partial charge in [0.15, 0.2) is 0 Å². The van der Waals surface area contributed by atoms with Crippen LogP contribution in [0.3, 0.4) is 0 Å². The maximum atomic E-state index is 12.7. The van der Waals surface area contributed by atoms with Gasteiger partial charge in [-0.15, -0.1) is 0 Å². The molecule has 0 aliphatic heterocycles. The smallest absolute Gasteiger partial charge is 0.255 e. The van der Waals surface area contributed by atoms with Gasteiger partial charge in [0.25, 0.3) is 5.91 Å². The molecule has 0 aliphatic carbocycles. The molecule has 0 unspecified atom stereocenters. The van der Waals surface area contributed by atoms with Gasteiger partial charge >= 0.3 is 0 Å². The molecule has 0 spiro atoms. The molecule has 0 atom stereocenters. The normalized spacial score (nSPS) is 11.0. The molecule has 0 saturated heterocycles. The van der Waals surface area contributed by atoms with E-state index in [1.54, 1.807) is 23.3 Å². The number of pyridine rings is 1. The number of carbonyl (C=O) groups excluding carboxylic acids is 1. The molecule has 0 aliphatic rings. The average molecular weight is 345 g/mol. The van der Waals surface area contributed by atoms with Crippen LogP contribution in [0.5, 0.6) is 0 Å². The summed E-state index contributed by atoms with van der Waals surface area (Å²) in [7, 11) is 1.81. The van der Waals surface area contributed by atoms with E-state index in [0.29, 0.717) is 17.8 Å². The van der Waals surface area contributed by atoms with E-state index < -0.39 is 0 Å². The SMILES string of the molecule is Cn1cc(C(=O)NCCc2c[nH]c3ccccc23)c(-c2cccnc2)n1. The molecule has 0 saturated carbocycles.